The first-order valence-electron chi connectivity index (χ1n) is 4.78. The Bertz CT molecular complexity index is 271. The van der Waals surface area contributed by atoms with Gasteiger partial charge >= 0.3 is 0 Å². The summed E-state index contributed by atoms with van der Waals surface area (Å²) in [5.41, 5.74) is 7.70. The molecular weight excluding hydrogens is 162 g/mol. The molecule has 0 amide bonds. The SMILES string of the molecule is CCc1ccc(O)c(CCCN)c1. The van der Waals surface area contributed by atoms with E-state index in [-0.39, 0.29) is 0 Å². The highest BCUT2D eigenvalue weighted by Crippen LogP contribution is 2.20. The highest BCUT2D eigenvalue weighted by Gasteiger charge is 2.00. The molecule has 0 radical (unpaired) electrons. The topological polar surface area (TPSA) is 46.2 Å². The second kappa shape index (κ2) is 4.87. The quantitative estimate of drug-likeness (QED) is 0.741. The Morgan fingerprint density at radius 3 is 2.77 bits per heavy atom. The molecule has 0 unspecified atom stereocenters. The van der Waals surface area contributed by atoms with Gasteiger partial charge in [-0.05, 0) is 43.0 Å². The zero-order chi connectivity index (χ0) is 9.68. The van der Waals surface area contributed by atoms with Crippen molar-refractivity contribution >= 4 is 0 Å². The van der Waals surface area contributed by atoms with Crippen LogP contribution in [0.15, 0.2) is 18.2 Å². The lowest BCUT2D eigenvalue weighted by atomic mass is 10.0. The largest absolute Gasteiger partial charge is 0.508 e. The maximum Gasteiger partial charge on any atom is 0.118 e. The highest BCUT2D eigenvalue weighted by molar-refractivity contribution is 5.36. The third-order valence-corrected chi connectivity index (χ3v) is 2.20. The van der Waals surface area contributed by atoms with Crippen molar-refractivity contribution in [2.75, 3.05) is 6.54 Å². The van der Waals surface area contributed by atoms with Gasteiger partial charge < -0.3 is 10.8 Å². The van der Waals surface area contributed by atoms with Crippen molar-refractivity contribution in [3.05, 3.63) is 29.3 Å². The zero-order valence-electron chi connectivity index (χ0n) is 8.09. The minimum absolute atomic E-state index is 0.394. The summed E-state index contributed by atoms with van der Waals surface area (Å²) in [6, 6.07) is 5.79. The van der Waals surface area contributed by atoms with Gasteiger partial charge in [0.25, 0.3) is 0 Å². The van der Waals surface area contributed by atoms with E-state index in [2.05, 4.69) is 13.0 Å². The molecule has 0 saturated heterocycles. The fourth-order valence-electron chi connectivity index (χ4n) is 1.35. The summed E-state index contributed by atoms with van der Waals surface area (Å²) in [6.07, 6.45) is 2.81. The van der Waals surface area contributed by atoms with E-state index in [0.29, 0.717) is 12.3 Å². The second-order valence-corrected chi connectivity index (χ2v) is 3.21. The molecule has 0 aromatic heterocycles. The number of phenolic OH excluding ortho intramolecular Hbond substituents is 1. The molecule has 0 aliphatic heterocycles. The van der Waals surface area contributed by atoms with Gasteiger partial charge in [-0.15, -0.1) is 0 Å². The molecule has 0 heterocycles. The summed E-state index contributed by atoms with van der Waals surface area (Å²) >= 11 is 0. The van der Waals surface area contributed by atoms with Crippen LogP contribution in [0.25, 0.3) is 0 Å². The van der Waals surface area contributed by atoms with Crippen LogP contribution in [0.3, 0.4) is 0 Å². The van der Waals surface area contributed by atoms with Crippen molar-refractivity contribution in [2.24, 2.45) is 5.73 Å². The molecule has 0 aliphatic rings. The fourth-order valence-corrected chi connectivity index (χ4v) is 1.35. The van der Waals surface area contributed by atoms with Crippen LogP contribution in [0.2, 0.25) is 0 Å². The summed E-state index contributed by atoms with van der Waals surface area (Å²) in [4.78, 5) is 0. The molecule has 1 aromatic carbocycles. The summed E-state index contributed by atoms with van der Waals surface area (Å²) in [5.74, 6) is 0.394. The molecule has 0 aliphatic carbocycles. The number of nitrogens with two attached hydrogens (primary N) is 1. The van der Waals surface area contributed by atoms with Gasteiger partial charge in [0.05, 0.1) is 0 Å². The van der Waals surface area contributed by atoms with Crippen LogP contribution in [0, 0.1) is 0 Å². The van der Waals surface area contributed by atoms with Crippen LogP contribution in [-0.4, -0.2) is 11.7 Å². The molecule has 0 atom stereocenters. The molecule has 0 spiro atoms. The lowest BCUT2D eigenvalue weighted by Gasteiger charge is -2.05. The Hall–Kier alpha value is -1.02. The van der Waals surface area contributed by atoms with Gasteiger partial charge in [0.2, 0.25) is 0 Å². The molecule has 3 N–H and O–H groups in total. The first-order chi connectivity index (χ1) is 6.27. The summed E-state index contributed by atoms with van der Waals surface area (Å²) < 4.78 is 0. The average molecular weight is 179 g/mol. The van der Waals surface area contributed by atoms with Gasteiger partial charge in [0.1, 0.15) is 5.75 Å². The van der Waals surface area contributed by atoms with E-state index < -0.39 is 0 Å². The Morgan fingerprint density at radius 1 is 1.38 bits per heavy atom. The summed E-state index contributed by atoms with van der Waals surface area (Å²) in [6.45, 7) is 2.79. The predicted octanol–water partition coefficient (Wildman–Crippen LogP) is 1.85. The molecule has 13 heavy (non-hydrogen) atoms. The minimum atomic E-state index is 0.394. The van der Waals surface area contributed by atoms with Gasteiger partial charge in [-0.25, -0.2) is 0 Å². The van der Waals surface area contributed by atoms with E-state index in [9.17, 15) is 5.11 Å². The molecule has 72 valence electrons. The maximum atomic E-state index is 9.52. The molecule has 0 saturated carbocycles. The summed E-state index contributed by atoms with van der Waals surface area (Å²) in [7, 11) is 0. The standard InChI is InChI=1S/C11H17NO/c1-2-9-5-6-11(13)10(8-9)4-3-7-12/h5-6,8,13H,2-4,7,12H2,1H3. The van der Waals surface area contributed by atoms with Crippen LogP contribution in [-0.2, 0) is 12.8 Å². The van der Waals surface area contributed by atoms with Crippen LogP contribution < -0.4 is 5.73 Å². The van der Waals surface area contributed by atoms with Gasteiger partial charge in [-0.1, -0.05) is 19.1 Å². The van der Waals surface area contributed by atoms with Crippen molar-refractivity contribution in [3.63, 3.8) is 0 Å². The monoisotopic (exact) mass is 179 g/mol. The lowest BCUT2D eigenvalue weighted by molar-refractivity contribution is 0.467. The molecule has 2 nitrogen and oxygen atoms in total. The van der Waals surface area contributed by atoms with E-state index in [1.54, 1.807) is 6.07 Å². The van der Waals surface area contributed by atoms with Crippen molar-refractivity contribution in [1.29, 1.82) is 0 Å². The molecule has 1 aromatic rings. The average Bonchev–Trinajstić information content (AvgIpc) is 2.17. The van der Waals surface area contributed by atoms with Crippen molar-refractivity contribution in [3.8, 4) is 5.75 Å². The van der Waals surface area contributed by atoms with E-state index in [1.807, 2.05) is 6.07 Å². The number of hydrogen-bond acceptors (Lipinski definition) is 2. The van der Waals surface area contributed by atoms with Gasteiger partial charge in [-0.3, -0.25) is 0 Å². The Labute approximate surface area is 79.4 Å². The number of hydrogen-bond donors (Lipinski definition) is 2. The van der Waals surface area contributed by atoms with Crippen LogP contribution in [0.4, 0.5) is 0 Å². The third-order valence-electron chi connectivity index (χ3n) is 2.20. The number of rotatable bonds is 4. The van der Waals surface area contributed by atoms with E-state index in [1.165, 1.54) is 5.56 Å². The minimum Gasteiger partial charge on any atom is -0.508 e. The van der Waals surface area contributed by atoms with Crippen LogP contribution in [0.5, 0.6) is 5.75 Å². The number of aryl methyl sites for hydroxylation is 2. The van der Waals surface area contributed by atoms with E-state index in [4.69, 9.17) is 5.73 Å². The van der Waals surface area contributed by atoms with Crippen molar-refractivity contribution < 1.29 is 5.11 Å². The van der Waals surface area contributed by atoms with Crippen molar-refractivity contribution in [2.45, 2.75) is 26.2 Å². The lowest BCUT2D eigenvalue weighted by Crippen LogP contribution is -2.00. The smallest absolute Gasteiger partial charge is 0.118 e. The highest BCUT2D eigenvalue weighted by atomic mass is 16.3. The van der Waals surface area contributed by atoms with Crippen LogP contribution >= 0.6 is 0 Å². The number of phenols is 1. The van der Waals surface area contributed by atoms with Gasteiger partial charge in [0, 0.05) is 0 Å². The van der Waals surface area contributed by atoms with Crippen molar-refractivity contribution in [1.82, 2.24) is 0 Å². The molecular formula is C11H17NO. The predicted molar refractivity (Wildman–Crippen MR) is 54.9 cm³/mol. The zero-order valence-corrected chi connectivity index (χ0v) is 8.09. The molecule has 0 fully saturated rings. The first-order valence-corrected chi connectivity index (χ1v) is 4.78. The summed E-state index contributed by atoms with van der Waals surface area (Å²) in [5, 5.41) is 9.52. The van der Waals surface area contributed by atoms with Gasteiger partial charge in [0.15, 0.2) is 0 Å². The number of aromatic hydroxyl groups is 1. The third kappa shape index (κ3) is 2.74. The Balaban J connectivity index is 2.78. The molecule has 2 heteroatoms. The van der Waals surface area contributed by atoms with E-state index >= 15 is 0 Å². The van der Waals surface area contributed by atoms with Crippen LogP contribution in [0.1, 0.15) is 24.5 Å². The van der Waals surface area contributed by atoms with Gasteiger partial charge in [-0.2, -0.15) is 0 Å². The Morgan fingerprint density at radius 2 is 2.15 bits per heavy atom. The normalized spacial score (nSPS) is 10.3. The fraction of sp³-hybridized carbons (Fsp3) is 0.455. The number of benzene rings is 1. The first kappa shape index (κ1) is 10.1. The second-order valence-electron chi connectivity index (χ2n) is 3.21. The molecule has 0 bridgehead atoms. The Kier molecular flexibility index (Phi) is 3.77. The molecule has 1 rings (SSSR count). The maximum absolute atomic E-state index is 9.52. The van der Waals surface area contributed by atoms with E-state index in [0.717, 1.165) is 24.8 Å².